The highest BCUT2D eigenvalue weighted by atomic mass is 16.3. The van der Waals surface area contributed by atoms with Gasteiger partial charge in [-0.3, -0.25) is 19.6 Å². The van der Waals surface area contributed by atoms with Crippen LogP contribution in [0.1, 0.15) is 40.2 Å². The van der Waals surface area contributed by atoms with Crippen LogP contribution in [0.5, 0.6) is 0 Å². The Morgan fingerprint density at radius 1 is 1.00 bits per heavy atom. The maximum absolute atomic E-state index is 12.2. The van der Waals surface area contributed by atoms with E-state index in [0.717, 1.165) is 43.7 Å². The maximum atomic E-state index is 12.2. The van der Waals surface area contributed by atoms with Gasteiger partial charge in [-0.25, -0.2) is 0 Å². The van der Waals surface area contributed by atoms with Crippen LogP contribution in [-0.4, -0.2) is 83.1 Å². The molecule has 1 N–H and O–H groups in total. The second-order valence-corrected chi connectivity index (χ2v) is 10.3. The van der Waals surface area contributed by atoms with Crippen molar-refractivity contribution in [1.82, 2.24) is 19.7 Å². The molecule has 36 heavy (non-hydrogen) atoms. The number of carbonyl (C=O) groups is 1. The second kappa shape index (κ2) is 10.9. The third-order valence-electron chi connectivity index (χ3n) is 7.75. The SMILES string of the molecule is CN(C)C(=O)c1ccc(-c2ccc([C@@H]3[C@H](CO)N4CCCCN(Cc5cccnc5)C[C@@H]34)cc2)cc1. The first-order chi connectivity index (χ1) is 17.5. The molecular weight excluding hydrogens is 448 g/mol. The number of rotatable bonds is 6. The average Bonchev–Trinajstić information content (AvgIpc) is 2.89. The monoisotopic (exact) mass is 484 g/mol. The van der Waals surface area contributed by atoms with Gasteiger partial charge in [0.05, 0.1) is 6.61 Å². The van der Waals surface area contributed by atoms with E-state index in [4.69, 9.17) is 0 Å². The normalized spacial score (nSPS) is 22.7. The predicted molar refractivity (Wildman–Crippen MR) is 143 cm³/mol. The van der Waals surface area contributed by atoms with E-state index in [1.165, 1.54) is 17.5 Å². The van der Waals surface area contributed by atoms with Gasteiger partial charge < -0.3 is 10.0 Å². The highest BCUT2D eigenvalue weighted by Gasteiger charge is 2.49. The van der Waals surface area contributed by atoms with Crippen molar-refractivity contribution < 1.29 is 9.90 Å². The van der Waals surface area contributed by atoms with Crippen molar-refractivity contribution in [3.05, 3.63) is 89.7 Å². The lowest BCUT2D eigenvalue weighted by molar-refractivity contribution is -0.0655. The molecule has 2 aliphatic heterocycles. The summed E-state index contributed by atoms with van der Waals surface area (Å²) in [6.45, 7) is 4.26. The van der Waals surface area contributed by atoms with Crippen molar-refractivity contribution >= 4 is 5.91 Å². The number of hydrogen-bond acceptors (Lipinski definition) is 5. The molecule has 6 nitrogen and oxygen atoms in total. The molecule has 0 aliphatic carbocycles. The van der Waals surface area contributed by atoms with E-state index in [2.05, 4.69) is 45.1 Å². The first-order valence-corrected chi connectivity index (χ1v) is 12.9. The lowest BCUT2D eigenvalue weighted by Gasteiger charge is -2.57. The van der Waals surface area contributed by atoms with Gasteiger partial charge >= 0.3 is 0 Å². The molecule has 0 saturated carbocycles. The van der Waals surface area contributed by atoms with E-state index >= 15 is 0 Å². The first kappa shape index (κ1) is 24.6. The van der Waals surface area contributed by atoms with Crippen LogP contribution in [0.15, 0.2) is 73.1 Å². The van der Waals surface area contributed by atoms with Gasteiger partial charge in [-0.2, -0.15) is 0 Å². The number of aromatic nitrogens is 1. The molecule has 2 aliphatic rings. The van der Waals surface area contributed by atoms with Crippen molar-refractivity contribution in [1.29, 1.82) is 0 Å². The summed E-state index contributed by atoms with van der Waals surface area (Å²) in [7, 11) is 3.54. The van der Waals surface area contributed by atoms with Crippen LogP contribution in [-0.2, 0) is 6.54 Å². The Balaban J connectivity index is 1.33. The summed E-state index contributed by atoms with van der Waals surface area (Å²) in [5.74, 6) is 0.330. The number of pyridine rings is 1. The summed E-state index contributed by atoms with van der Waals surface area (Å²) >= 11 is 0. The molecule has 5 rings (SSSR count). The Morgan fingerprint density at radius 3 is 2.33 bits per heavy atom. The molecule has 1 amide bonds. The molecule has 0 unspecified atom stereocenters. The molecule has 2 aromatic carbocycles. The molecule has 2 saturated heterocycles. The molecule has 6 heteroatoms. The molecule has 3 atom stereocenters. The number of hydrogen-bond donors (Lipinski definition) is 1. The zero-order valence-electron chi connectivity index (χ0n) is 21.3. The van der Waals surface area contributed by atoms with Crippen LogP contribution >= 0.6 is 0 Å². The van der Waals surface area contributed by atoms with Gasteiger partial charge in [0.25, 0.3) is 5.91 Å². The molecule has 188 valence electrons. The predicted octanol–water partition coefficient (Wildman–Crippen LogP) is 3.88. The van der Waals surface area contributed by atoms with Gasteiger partial charge in [-0.15, -0.1) is 0 Å². The average molecular weight is 485 g/mol. The second-order valence-electron chi connectivity index (χ2n) is 10.3. The first-order valence-electron chi connectivity index (χ1n) is 12.9. The highest BCUT2D eigenvalue weighted by molar-refractivity contribution is 5.94. The van der Waals surface area contributed by atoms with E-state index < -0.39 is 0 Å². The fraction of sp³-hybridized carbons (Fsp3) is 0.400. The van der Waals surface area contributed by atoms with Gasteiger partial charge in [0.2, 0.25) is 0 Å². The molecule has 0 spiro atoms. The standard InChI is InChI=1S/C30H36N4O2/c1-32(2)30(36)26-13-9-24(10-14-26)23-7-11-25(12-8-23)29-27-20-33(19-22-6-5-15-31-18-22)16-3-4-17-34(27)28(29)21-35/h5-15,18,27-29,35H,3-4,16-17,19-21H2,1-2H3/t27-,28-,29-/m0/s1. The fourth-order valence-electron chi connectivity index (χ4n) is 5.87. The van der Waals surface area contributed by atoms with Gasteiger partial charge in [0.15, 0.2) is 0 Å². The Morgan fingerprint density at radius 2 is 1.69 bits per heavy atom. The largest absolute Gasteiger partial charge is 0.395 e. The maximum Gasteiger partial charge on any atom is 0.253 e. The zero-order valence-corrected chi connectivity index (χ0v) is 21.3. The third-order valence-corrected chi connectivity index (χ3v) is 7.75. The molecule has 3 heterocycles. The molecule has 0 radical (unpaired) electrons. The van der Waals surface area contributed by atoms with Crippen LogP contribution in [0.25, 0.3) is 11.1 Å². The Hall–Kier alpha value is -3.06. The fourth-order valence-corrected chi connectivity index (χ4v) is 5.87. The number of aliphatic hydroxyl groups is 1. The lowest BCUT2D eigenvalue weighted by Crippen LogP contribution is -2.67. The Labute approximate surface area is 214 Å². The molecule has 2 fully saturated rings. The summed E-state index contributed by atoms with van der Waals surface area (Å²) in [5.41, 5.74) is 5.47. The van der Waals surface area contributed by atoms with Crippen molar-refractivity contribution in [2.24, 2.45) is 0 Å². The molecule has 0 bridgehead atoms. The number of fused-ring (bicyclic) bond motifs is 1. The Kier molecular flexibility index (Phi) is 7.46. The van der Waals surface area contributed by atoms with E-state index in [9.17, 15) is 9.90 Å². The smallest absolute Gasteiger partial charge is 0.253 e. The minimum Gasteiger partial charge on any atom is -0.395 e. The minimum absolute atomic E-state index is 0.0123. The molecular formula is C30H36N4O2. The lowest BCUT2D eigenvalue weighted by atomic mass is 9.74. The van der Waals surface area contributed by atoms with Crippen molar-refractivity contribution in [3.8, 4) is 11.1 Å². The van der Waals surface area contributed by atoms with Crippen molar-refractivity contribution in [3.63, 3.8) is 0 Å². The van der Waals surface area contributed by atoms with E-state index in [-0.39, 0.29) is 18.6 Å². The van der Waals surface area contributed by atoms with E-state index in [0.29, 0.717) is 17.5 Å². The van der Waals surface area contributed by atoms with Gasteiger partial charge in [-0.05, 0) is 66.4 Å². The Bertz CT molecular complexity index is 1150. The minimum atomic E-state index is 0.0123. The highest BCUT2D eigenvalue weighted by Crippen LogP contribution is 2.42. The summed E-state index contributed by atoms with van der Waals surface area (Å²) in [6.07, 6.45) is 6.13. The van der Waals surface area contributed by atoms with Gasteiger partial charge in [0.1, 0.15) is 0 Å². The number of benzene rings is 2. The van der Waals surface area contributed by atoms with Crippen LogP contribution in [0, 0.1) is 0 Å². The van der Waals surface area contributed by atoms with Gasteiger partial charge in [-0.1, -0.05) is 42.5 Å². The van der Waals surface area contributed by atoms with Crippen molar-refractivity contribution in [2.75, 3.05) is 40.3 Å². The van der Waals surface area contributed by atoms with E-state index in [1.54, 1.807) is 19.0 Å². The third kappa shape index (κ3) is 5.07. The zero-order chi connectivity index (χ0) is 25.1. The molecule has 1 aromatic heterocycles. The number of aliphatic hydroxyl groups excluding tert-OH is 1. The van der Waals surface area contributed by atoms with Gasteiger partial charge in [0, 0.05) is 63.1 Å². The summed E-state index contributed by atoms with van der Waals surface area (Å²) in [6, 6.07) is 21.3. The van der Waals surface area contributed by atoms with E-state index in [1.807, 2.05) is 42.7 Å². The molecule has 3 aromatic rings. The topological polar surface area (TPSA) is 59.9 Å². The van der Waals surface area contributed by atoms with Crippen LogP contribution in [0.2, 0.25) is 0 Å². The van der Waals surface area contributed by atoms with Crippen LogP contribution < -0.4 is 0 Å². The number of amides is 1. The number of nitrogens with zero attached hydrogens (tertiary/aromatic N) is 4. The number of carbonyl (C=O) groups excluding carboxylic acids is 1. The summed E-state index contributed by atoms with van der Waals surface area (Å²) in [5, 5.41) is 10.3. The van der Waals surface area contributed by atoms with Crippen LogP contribution in [0.3, 0.4) is 0 Å². The summed E-state index contributed by atoms with van der Waals surface area (Å²) < 4.78 is 0. The summed E-state index contributed by atoms with van der Waals surface area (Å²) in [4.78, 5) is 23.2. The van der Waals surface area contributed by atoms with Crippen LogP contribution in [0.4, 0.5) is 0 Å². The van der Waals surface area contributed by atoms with Crippen molar-refractivity contribution in [2.45, 2.75) is 37.4 Å². The quantitative estimate of drug-likeness (QED) is 0.576.